The molecule has 0 unspecified atom stereocenters. The number of thiazole rings is 1. The molecule has 1 amide bonds. The van der Waals surface area contributed by atoms with Crippen LogP contribution in [0.4, 0.5) is 18.3 Å². The molecule has 0 saturated carbocycles. The highest BCUT2D eigenvalue weighted by Crippen LogP contribution is 2.25. The van der Waals surface area contributed by atoms with E-state index in [0.717, 1.165) is 11.3 Å². The number of amides is 1. The first kappa shape index (κ1) is 12.5. The highest BCUT2D eigenvalue weighted by molar-refractivity contribution is 7.14. The maximum atomic E-state index is 12.0. The molecule has 1 N–H and O–H groups in total. The standard InChI is InChI=1S/C10H6F3N3OS/c11-10(12,13)8(17)16-9-15-7(5-18-9)6-2-1-3-14-4-6/h1-5H,(H,15,16,17). The van der Waals surface area contributed by atoms with Gasteiger partial charge in [0.1, 0.15) is 0 Å². The summed E-state index contributed by atoms with van der Waals surface area (Å²) >= 11 is 0.918. The number of nitrogens with zero attached hydrogens (tertiary/aromatic N) is 2. The van der Waals surface area contributed by atoms with Crippen LogP contribution in [0, 0.1) is 0 Å². The lowest BCUT2D eigenvalue weighted by Gasteiger charge is -2.04. The molecular formula is C10H6F3N3OS. The normalized spacial score (nSPS) is 11.3. The lowest BCUT2D eigenvalue weighted by molar-refractivity contribution is -0.167. The molecule has 0 fully saturated rings. The van der Waals surface area contributed by atoms with Crippen molar-refractivity contribution in [2.24, 2.45) is 0 Å². The van der Waals surface area contributed by atoms with E-state index in [2.05, 4.69) is 9.97 Å². The van der Waals surface area contributed by atoms with Gasteiger partial charge in [-0.25, -0.2) is 4.98 Å². The summed E-state index contributed by atoms with van der Waals surface area (Å²) in [5.74, 6) is -2.03. The molecule has 8 heteroatoms. The van der Waals surface area contributed by atoms with E-state index in [-0.39, 0.29) is 5.13 Å². The molecule has 0 saturated heterocycles. The Bertz CT molecular complexity index is 553. The summed E-state index contributed by atoms with van der Waals surface area (Å²) < 4.78 is 36.1. The molecule has 0 radical (unpaired) electrons. The molecular weight excluding hydrogens is 267 g/mol. The third-order valence-electron chi connectivity index (χ3n) is 1.94. The van der Waals surface area contributed by atoms with Crippen molar-refractivity contribution < 1.29 is 18.0 Å². The number of anilines is 1. The predicted octanol–water partition coefficient (Wildman–Crippen LogP) is 2.71. The molecule has 0 bridgehead atoms. The van der Waals surface area contributed by atoms with Gasteiger partial charge in [-0.05, 0) is 12.1 Å². The Morgan fingerprint density at radius 2 is 2.17 bits per heavy atom. The maximum absolute atomic E-state index is 12.0. The van der Waals surface area contributed by atoms with E-state index in [0.29, 0.717) is 11.3 Å². The summed E-state index contributed by atoms with van der Waals surface area (Å²) in [4.78, 5) is 18.4. The first-order chi connectivity index (χ1) is 8.47. The third kappa shape index (κ3) is 2.83. The fourth-order valence-corrected chi connectivity index (χ4v) is 1.86. The van der Waals surface area contributed by atoms with Crippen LogP contribution < -0.4 is 5.32 Å². The summed E-state index contributed by atoms with van der Waals surface area (Å²) in [6, 6.07) is 3.40. The summed E-state index contributed by atoms with van der Waals surface area (Å²) in [5, 5.41) is 3.14. The minimum Gasteiger partial charge on any atom is -0.294 e. The molecule has 0 aliphatic heterocycles. The van der Waals surface area contributed by atoms with Crippen LogP contribution >= 0.6 is 11.3 Å². The van der Waals surface area contributed by atoms with Gasteiger partial charge in [0.2, 0.25) is 0 Å². The van der Waals surface area contributed by atoms with Gasteiger partial charge in [0, 0.05) is 23.3 Å². The first-order valence-electron chi connectivity index (χ1n) is 4.71. The quantitative estimate of drug-likeness (QED) is 0.915. The number of aromatic nitrogens is 2. The molecule has 2 heterocycles. The Labute approximate surface area is 104 Å². The van der Waals surface area contributed by atoms with Crippen molar-refractivity contribution in [2.45, 2.75) is 6.18 Å². The van der Waals surface area contributed by atoms with E-state index < -0.39 is 12.1 Å². The number of pyridine rings is 1. The second-order valence-corrected chi connectivity index (χ2v) is 4.09. The molecule has 0 aliphatic rings. The van der Waals surface area contributed by atoms with Crippen molar-refractivity contribution in [3.05, 3.63) is 29.9 Å². The van der Waals surface area contributed by atoms with Crippen LogP contribution in [0.5, 0.6) is 0 Å². The predicted molar refractivity (Wildman–Crippen MR) is 60.0 cm³/mol. The number of rotatable bonds is 2. The summed E-state index contributed by atoms with van der Waals surface area (Å²) in [7, 11) is 0. The molecule has 0 aromatic carbocycles. The second-order valence-electron chi connectivity index (χ2n) is 3.23. The smallest absolute Gasteiger partial charge is 0.294 e. The summed E-state index contributed by atoms with van der Waals surface area (Å²) in [6.45, 7) is 0. The monoisotopic (exact) mass is 273 g/mol. The van der Waals surface area contributed by atoms with Crippen molar-refractivity contribution >= 4 is 22.4 Å². The van der Waals surface area contributed by atoms with Crippen LogP contribution in [0.1, 0.15) is 0 Å². The van der Waals surface area contributed by atoms with Crippen LogP contribution in [-0.2, 0) is 4.79 Å². The number of hydrogen-bond donors (Lipinski definition) is 1. The van der Waals surface area contributed by atoms with E-state index >= 15 is 0 Å². The number of halogens is 3. The second kappa shape index (κ2) is 4.73. The van der Waals surface area contributed by atoms with Crippen LogP contribution in [0.15, 0.2) is 29.9 Å². The van der Waals surface area contributed by atoms with Crippen LogP contribution in [0.3, 0.4) is 0 Å². The molecule has 0 spiro atoms. The molecule has 2 rings (SSSR count). The van der Waals surface area contributed by atoms with Crippen LogP contribution in [0.25, 0.3) is 11.3 Å². The Hall–Kier alpha value is -1.96. The largest absolute Gasteiger partial charge is 0.471 e. The SMILES string of the molecule is O=C(Nc1nc(-c2cccnc2)cs1)C(F)(F)F. The summed E-state index contributed by atoms with van der Waals surface area (Å²) in [5.41, 5.74) is 1.13. The summed E-state index contributed by atoms with van der Waals surface area (Å²) in [6.07, 6.45) is -1.81. The number of alkyl halides is 3. The van der Waals surface area contributed by atoms with Gasteiger partial charge in [0.25, 0.3) is 0 Å². The van der Waals surface area contributed by atoms with E-state index in [1.54, 1.807) is 29.0 Å². The Morgan fingerprint density at radius 3 is 2.78 bits per heavy atom. The van der Waals surface area contributed by atoms with Gasteiger partial charge < -0.3 is 0 Å². The van der Waals surface area contributed by atoms with Crippen molar-refractivity contribution in [3.63, 3.8) is 0 Å². The lowest BCUT2D eigenvalue weighted by atomic mass is 10.2. The number of hydrogen-bond acceptors (Lipinski definition) is 4. The van der Waals surface area contributed by atoms with Gasteiger partial charge >= 0.3 is 12.1 Å². The van der Waals surface area contributed by atoms with Crippen LogP contribution in [-0.4, -0.2) is 22.1 Å². The van der Waals surface area contributed by atoms with E-state index in [4.69, 9.17) is 0 Å². The van der Waals surface area contributed by atoms with Crippen molar-refractivity contribution in [2.75, 3.05) is 5.32 Å². The zero-order valence-electron chi connectivity index (χ0n) is 8.73. The molecule has 0 atom stereocenters. The molecule has 2 aromatic heterocycles. The third-order valence-corrected chi connectivity index (χ3v) is 2.70. The van der Waals surface area contributed by atoms with Crippen molar-refractivity contribution in [3.8, 4) is 11.3 Å². The van der Waals surface area contributed by atoms with Gasteiger partial charge in [-0.2, -0.15) is 13.2 Å². The topological polar surface area (TPSA) is 54.9 Å². The van der Waals surface area contributed by atoms with E-state index in [1.165, 1.54) is 6.20 Å². The van der Waals surface area contributed by atoms with Crippen molar-refractivity contribution in [1.29, 1.82) is 0 Å². The minimum absolute atomic E-state index is 0.101. The highest BCUT2D eigenvalue weighted by atomic mass is 32.1. The van der Waals surface area contributed by atoms with E-state index in [1.807, 2.05) is 0 Å². The zero-order chi connectivity index (χ0) is 13.2. The van der Waals surface area contributed by atoms with Gasteiger partial charge in [-0.1, -0.05) is 0 Å². The minimum atomic E-state index is -4.92. The first-order valence-corrected chi connectivity index (χ1v) is 5.59. The van der Waals surface area contributed by atoms with Crippen LogP contribution in [0.2, 0.25) is 0 Å². The van der Waals surface area contributed by atoms with Gasteiger partial charge in [-0.15, -0.1) is 11.3 Å². The molecule has 18 heavy (non-hydrogen) atoms. The van der Waals surface area contributed by atoms with Gasteiger partial charge in [0.15, 0.2) is 5.13 Å². The average Bonchev–Trinajstić information content (AvgIpc) is 2.77. The van der Waals surface area contributed by atoms with Gasteiger partial charge in [-0.3, -0.25) is 15.1 Å². The number of carbonyl (C=O) groups is 1. The Morgan fingerprint density at radius 1 is 1.39 bits per heavy atom. The number of nitrogens with one attached hydrogen (secondary N) is 1. The highest BCUT2D eigenvalue weighted by Gasteiger charge is 2.39. The van der Waals surface area contributed by atoms with Gasteiger partial charge in [0.05, 0.1) is 5.69 Å². The molecule has 2 aromatic rings. The fraction of sp³-hybridized carbons (Fsp3) is 0.100. The fourth-order valence-electron chi connectivity index (χ4n) is 1.15. The molecule has 0 aliphatic carbocycles. The Kier molecular flexibility index (Phi) is 3.28. The van der Waals surface area contributed by atoms with E-state index in [9.17, 15) is 18.0 Å². The molecule has 94 valence electrons. The van der Waals surface area contributed by atoms with Crippen molar-refractivity contribution in [1.82, 2.24) is 9.97 Å². The lowest BCUT2D eigenvalue weighted by Crippen LogP contribution is -2.29. The zero-order valence-corrected chi connectivity index (χ0v) is 9.55. The Balaban J connectivity index is 2.15. The maximum Gasteiger partial charge on any atom is 0.471 e. The number of carbonyl (C=O) groups excluding carboxylic acids is 1. The average molecular weight is 273 g/mol. The molecule has 4 nitrogen and oxygen atoms in total.